The van der Waals surface area contributed by atoms with Crippen molar-refractivity contribution in [1.82, 2.24) is 19.1 Å². The van der Waals surface area contributed by atoms with Gasteiger partial charge in [-0.1, -0.05) is 133 Å². The minimum Gasteiger partial charge on any atom is -0.309 e. The summed E-state index contributed by atoms with van der Waals surface area (Å²) < 4.78 is 4.58. The molecule has 3 aromatic heterocycles. The fraction of sp³-hybridized carbons (Fsp3) is 0. The Morgan fingerprint density at radius 2 is 0.804 bits per heavy atom. The van der Waals surface area contributed by atoms with Gasteiger partial charge in [0.1, 0.15) is 0 Å². The van der Waals surface area contributed by atoms with Crippen LogP contribution in [-0.2, 0) is 0 Å². The van der Waals surface area contributed by atoms with Crippen LogP contribution >= 0.6 is 0 Å². The number of hydrogen-bond acceptors (Lipinski definition) is 2. The first-order valence-corrected chi connectivity index (χ1v) is 19.1. The first-order chi connectivity index (χ1) is 27.8. The normalized spacial score (nSPS) is 11.9. The van der Waals surface area contributed by atoms with Crippen LogP contribution in [0.2, 0.25) is 0 Å². The lowest BCUT2D eigenvalue weighted by Gasteiger charge is -2.13. The van der Waals surface area contributed by atoms with Crippen molar-refractivity contribution in [3.63, 3.8) is 0 Å². The molecule has 0 aliphatic rings. The lowest BCUT2D eigenvalue weighted by atomic mass is 9.92. The number of aromatic nitrogens is 4. The van der Waals surface area contributed by atoms with E-state index in [2.05, 4.69) is 191 Å². The van der Waals surface area contributed by atoms with Gasteiger partial charge in [0.2, 0.25) is 5.95 Å². The summed E-state index contributed by atoms with van der Waals surface area (Å²) in [7, 11) is 0. The van der Waals surface area contributed by atoms with Crippen LogP contribution in [0.4, 0.5) is 0 Å². The van der Waals surface area contributed by atoms with E-state index in [4.69, 9.17) is 9.97 Å². The zero-order valence-electron chi connectivity index (χ0n) is 30.3. The van der Waals surface area contributed by atoms with Gasteiger partial charge in [0.05, 0.1) is 27.8 Å². The third kappa shape index (κ3) is 4.53. The zero-order valence-corrected chi connectivity index (χ0v) is 30.3. The molecule has 12 rings (SSSR count). The first-order valence-electron chi connectivity index (χ1n) is 19.1. The van der Waals surface area contributed by atoms with Crippen molar-refractivity contribution in [2.24, 2.45) is 0 Å². The minimum absolute atomic E-state index is 0.646. The SMILES string of the molecule is c1cc(-c2ccc3c4ccccc4c4ccccc4c3c2)cc(-c2ccnc(-n3c4ccccc4c4cc(-n5c6ccccc6c6ccccc65)ccc43)n2)c1. The van der Waals surface area contributed by atoms with E-state index in [1.54, 1.807) is 0 Å². The molecule has 260 valence electrons. The van der Waals surface area contributed by atoms with Gasteiger partial charge in [-0.2, -0.15) is 0 Å². The standard InChI is InChI=1S/C52H32N4/c1-2-16-39-37(14-1)38-15-3-4-17-40(38)45-31-34(24-26-41(39)45)33-12-11-13-35(30-33)47-28-29-53-52(54-47)56-50-23-10-7-20-44(50)46-32-36(25-27-51(46)56)55-48-21-8-5-18-42(48)43-19-6-9-22-49(43)55/h1-32H. The van der Waals surface area contributed by atoms with E-state index < -0.39 is 0 Å². The second-order valence-corrected chi connectivity index (χ2v) is 14.6. The van der Waals surface area contributed by atoms with Crippen molar-refractivity contribution in [2.45, 2.75) is 0 Å². The largest absolute Gasteiger partial charge is 0.309 e. The summed E-state index contributed by atoms with van der Waals surface area (Å²) >= 11 is 0. The third-order valence-corrected chi connectivity index (χ3v) is 11.6. The molecule has 56 heavy (non-hydrogen) atoms. The van der Waals surface area contributed by atoms with Crippen molar-refractivity contribution >= 4 is 75.9 Å². The molecule has 3 heterocycles. The number of nitrogens with zero attached hydrogens (tertiary/aromatic N) is 4. The summed E-state index contributed by atoms with van der Waals surface area (Å²) in [6.45, 7) is 0. The highest BCUT2D eigenvalue weighted by Gasteiger charge is 2.18. The van der Waals surface area contributed by atoms with E-state index >= 15 is 0 Å². The van der Waals surface area contributed by atoms with E-state index in [1.807, 2.05) is 12.3 Å². The highest BCUT2D eigenvalue weighted by atomic mass is 15.2. The van der Waals surface area contributed by atoms with Crippen LogP contribution in [0.15, 0.2) is 194 Å². The van der Waals surface area contributed by atoms with Gasteiger partial charge in [0.25, 0.3) is 0 Å². The van der Waals surface area contributed by atoms with Gasteiger partial charge in [0.15, 0.2) is 0 Å². The molecule has 0 spiro atoms. The molecule has 0 unspecified atom stereocenters. The van der Waals surface area contributed by atoms with Gasteiger partial charge in [-0.25, -0.2) is 9.97 Å². The maximum absolute atomic E-state index is 5.25. The summed E-state index contributed by atoms with van der Waals surface area (Å²) in [5, 5.41) is 12.5. The van der Waals surface area contributed by atoms with E-state index in [9.17, 15) is 0 Å². The average molecular weight is 713 g/mol. The van der Waals surface area contributed by atoms with Gasteiger partial charge >= 0.3 is 0 Å². The zero-order chi connectivity index (χ0) is 36.7. The Balaban J connectivity index is 0.984. The Hall–Kier alpha value is -7.56. The fourth-order valence-corrected chi connectivity index (χ4v) is 9.08. The number of rotatable bonds is 4. The molecule has 0 radical (unpaired) electrons. The quantitative estimate of drug-likeness (QED) is 0.170. The van der Waals surface area contributed by atoms with E-state index in [1.165, 1.54) is 59.7 Å². The van der Waals surface area contributed by atoms with Gasteiger partial charge < -0.3 is 4.57 Å². The number of para-hydroxylation sites is 3. The molecule has 0 atom stereocenters. The van der Waals surface area contributed by atoms with Crippen LogP contribution in [0.5, 0.6) is 0 Å². The summed E-state index contributed by atoms with van der Waals surface area (Å²) in [4.78, 5) is 10.1. The van der Waals surface area contributed by atoms with Crippen LogP contribution in [0, 0.1) is 0 Å². The molecule has 4 nitrogen and oxygen atoms in total. The number of hydrogen-bond donors (Lipinski definition) is 0. The van der Waals surface area contributed by atoms with E-state index in [-0.39, 0.29) is 0 Å². The van der Waals surface area contributed by atoms with E-state index in [0.717, 1.165) is 44.3 Å². The number of benzene rings is 9. The molecule has 0 saturated heterocycles. The second-order valence-electron chi connectivity index (χ2n) is 14.6. The Morgan fingerprint density at radius 3 is 1.46 bits per heavy atom. The molecule has 0 saturated carbocycles. The molecule has 9 aromatic carbocycles. The molecule has 0 aliphatic carbocycles. The lowest BCUT2D eigenvalue weighted by molar-refractivity contribution is 0.992. The van der Waals surface area contributed by atoms with Gasteiger partial charge in [-0.3, -0.25) is 4.57 Å². The topological polar surface area (TPSA) is 35.6 Å². The second kappa shape index (κ2) is 12.0. The summed E-state index contributed by atoms with van der Waals surface area (Å²) in [5.74, 6) is 0.646. The molecular weight excluding hydrogens is 681 g/mol. The van der Waals surface area contributed by atoms with E-state index in [0.29, 0.717) is 5.95 Å². The van der Waals surface area contributed by atoms with Gasteiger partial charge in [-0.15, -0.1) is 0 Å². The van der Waals surface area contributed by atoms with Gasteiger partial charge in [0, 0.05) is 39.0 Å². The lowest BCUT2D eigenvalue weighted by Crippen LogP contribution is -2.02. The Bertz CT molecular complexity index is 3460. The van der Waals surface area contributed by atoms with Crippen LogP contribution in [0.25, 0.3) is 110 Å². The average Bonchev–Trinajstić information content (AvgIpc) is 3.79. The monoisotopic (exact) mass is 712 g/mol. The highest BCUT2D eigenvalue weighted by Crippen LogP contribution is 2.39. The maximum Gasteiger partial charge on any atom is 0.235 e. The molecular formula is C52H32N4. The molecule has 0 N–H and O–H groups in total. The van der Waals surface area contributed by atoms with Crippen molar-refractivity contribution in [3.05, 3.63) is 194 Å². The molecule has 0 aliphatic heterocycles. The van der Waals surface area contributed by atoms with Gasteiger partial charge in [-0.05, 0) is 98.0 Å². The Labute approximate surface area is 322 Å². The molecule has 12 aromatic rings. The summed E-state index contributed by atoms with van der Waals surface area (Å²) in [6.07, 6.45) is 1.88. The smallest absolute Gasteiger partial charge is 0.235 e. The van der Waals surface area contributed by atoms with Crippen molar-refractivity contribution in [3.8, 4) is 34.0 Å². The van der Waals surface area contributed by atoms with Crippen molar-refractivity contribution < 1.29 is 0 Å². The first kappa shape index (κ1) is 30.9. The van der Waals surface area contributed by atoms with Crippen LogP contribution in [0.3, 0.4) is 0 Å². The van der Waals surface area contributed by atoms with Crippen LogP contribution in [0.1, 0.15) is 0 Å². The minimum atomic E-state index is 0.646. The van der Waals surface area contributed by atoms with Crippen LogP contribution in [-0.4, -0.2) is 19.1 Å². The molecule has 0 fully saturated rings. The third-order valence-electron chi connectivity index (χ3n) is 11.6. The molecule has 0 amide bonds. The van der Waals surface area contributed by atoms with Crippen molar-refractivity contribution in [1.29, 1.82) is 0 Å². The highest BCUT2D eigenvalue weighted by molar-refractivity contribution is 6.25. The maximum atomic E-state index is 5.25. The predicted octanol–water partition coefficient (Wildman–Crippen LogP) is 13.5. The molecule has 4 heteroatoms. The number of fused-ring (bicyclic) bond motifs is 12. The van der Waals surface area contributed by atoms with Crippen LogP contribution < -0.4 is 0 Å². The molecule has 0 bridgehead atoms. The predicted molar refractivity (Wildman–Crippen MR) is 234 cm³/mol. The summed E-state index contributed by atoms with van der Waals surface area (Å²) in [5.41, 5.74) is 9.90. The summed E-state index contributed by atoms with van der Waals surface area (Å²) in [6, 6.07) is 67.7. The van der Waals surface area contributed by atoms with Crippen molar-refractivity contribution in [2.75, 3.05) is 0 Å². The Kier molecular flexibility index (Phi) is 6.60. The fourth-order valence-electron chi connectivity index (χ4n) is 9.08. The Morgan fingerprint density at radius 1 is 0.304 bits per heavy atom.